The summed E-state index contributed by atoms with van der Waals surface area (Å²) in [6, 6.07) is 4.71. The lowest BCUT2D eigenvalue weighted by molar-refractivity contribution is 0.175. The minimum Gasteiger partial charge on any atom is -0.409 e. The first kappa shape index (κ1) is 13.8. The molecule has 0 amide bonds. The third-order valence-electron chi connectivity index (χ3n) is 3.59. The van der Waals surface area contributed by atoms with Crippen molar-refractivity contribution < 1.29 is 9.60 Å². The molecule has 1 aromatic rings. The summed E-state index contributed by atoms with van der Waals surface area (Å²) in [6.45, 7) is 4.88. The molecule has 1 fully saturated rings. The van der Waals surface area contributed by atoms with Crippen LogP contribution in [0, 0.1) is 11.7 Å². The Balaban J connectivity index is 2.09. The van der Waals surface area contributed by atoms with Gasteiger partial charge in [-0.3, -0.25) is 4.90 Å². The molecule has 0 bridgehead atoms. The number of likely N-dealkylation sites (tertiary alicyclic amines) is 1. The third-order valence-corrected chi connectivity index (χ3v) is 3.59. The molecule has 0 aliphatic carbocycles. The molecule has 1 unspecified atom stereocenters. The quantitative estimate of drug-likeness (QED) is 0.381. The van der Waals surface area contributed by atoms with Crippen LogP contribution in [0.3, 0.4) is 0 Å². The van der Waals surface area contributed by atoms with Crippen LogP contribution >= 0.6 is 0 Å². The summed E-state index contributed by atoms with van der Waals surface area (Å²) in [5.41, 5.74) is 6.49. The summed E-state index contributed by atoms with van der Waals surface area (Å²) in [7, 11) is 0. The van der Waals surface area contributed by atoms with Crippen molar-refractivity contribution in [2.24, 2.45) is 16.8 Å². The van der Waals surface area contributed by atoms with Crippen LogP contribution in [0.15, 0.2) is 23.4 Å². The van der Waals surface area contributed by atoms with E-state index in [1.807, 2.05) is 0 Å². The molecule has 1 atom stereocenters. The molecule has 1 saturated heterocycles. The first-order valence-electron chi connectivity index (χ1n) is 6.59. The maximum Gasteiger partial charge on any atom is 0.170 e. The summed E-state index contributed by atoms with van der Waals surface area (Å²) in [5, 5.41) is 11.4. The van der Waals surface area contributed by atoms with Crippen molar-refractivity contribution in [1.29, 1.82) is 0 Å². The second kappa shape index (κ2) is 6.02. The minimum atomic E-state index is -0.303. The zero-order chi connectivity index (χ0) is 13.8. The number of benzene rings is 1. The first-order valence-corrected chi connectivity index (χ1v) is 6.59. The van der Waals surface area contributed by atoms with E-state index in [0.29, 0.717) is 23.6 Å². The van der Waals surface area contributed by atoms with Crippen molar-refractivity contribution in [3.05, 3.63) is 35.1 Å². The second-order valence-electron chi connectivity index (χ2n) is 5.27. The van der Waals surface area contributed by atoms with Crippen LogP contribution in [0.2, 0.25) is 0 Å². The van der Waals surface area contributed by atoms with E-state index in [1.54, 1.807) is 12.1 Å². The van der Waals surface area contributed by atoms with E-state index in [4.69, 9.17) is 10.9 Å². The van der Waals surface area contributed by atoms with E-state index in [-0.39, 0.29) is 11.7 Å². The minimum absolute atomic E-state index is 0.0722. The lowest BCUT2D eigenvalue weighted by Crippen LogP contribution is -2.34. The number of amidine groups is 1. The number of piperidine rings is 1. The zero-order valence-electron chi connectivity index (χ0n) is 11.1. The SMILES string of the molecule is CC1CCCN(Cc2ccc(/C(N)=N/O)cc2F)C1. The average molecular weight is 265 g/mol. The van der Waals surface area contributed by atoms with Gasteiger partial charge in [-0.25, -0.2) is 4.39 Å². The van der Waals surface area contributed by atoms with Crippen LogP contribution in [-0.2, 0) is 6.54 Å². The van der Waals surface area contributed by atoms with Gasteiger partial charge in [-0.05, 0) is 31.4 Å². The molecule has 0 radical (unpaired) electrons. The van der Waals surface area contributed by atoms with Crippen molar-refractivity contribution in [2.75, 3.05) is 13.1 Å². The second-order valence-corrected chi connectivity index (χ2v) is 5.27. The molecule has 0 spiro atoms. The average Bonchev–Trinajstić information content (AvgIpc) is 2.40. The summed E-state index contributed by atoms with van der Waals surface area (Å²) in [5.74, 6) is 0.299. The molecule has 104 valence electrons. The fourth-order valence-electron chi connectivity index (χ4n) is 2.56. The maximum atomic E-state index is 14.0. The van der Waals surface area contributed by atoms with Gasteiger partial charge in [-0.15, -0.1) is 0 Å². The van der Waals surface area contributed by atoms with E-state index in [9.17, 15) is 4.39 Å². The number of nitrogens with two attached hydrogens (primary N) is 1. The van der Waals surface area contributed by atoms with Gasteiger partial charge in [0, 0.05) is 24.2 Å². The van der Waals surface area contributed by atoms with Gasteiger partial charge in [-0.1, -0.05) is 24.2 Å². The summed E-state index contributed by atoms with van der Waals surface area (Å²) in [6.07, 6.45) is 2.42. The number of halogens is 1. The van der Waals surface area contributed by atoms with E-state index in [0.717, 1.165) is 13.1 Å². The van der Waals surface area contributed by atoms with Crippen LogP contribution < -0.4 is 5.73 Å². The first-order chi connectivity index (χ1) is 9.10. The Morgan fingerprint density at radius 2 is 2.37 bits per heavy atom. The fourth-order valence-corrected chi connectivity index (χ4v) is 2.56. The number of hydrogen-bond acceptors (Lipinski definition) is 3. The summed E-state index contributed by atoms with van der Waals surface area (Å²) < 4.78 is 14.0. The highest BCUT2D eigenvalue weighted by Gasteiger charge is 2.17. The van der Waals surface area contributed by atoms with Gasteiger partial charge in [0.05, 0.1) is 0 Å². The van der Waals surface area contributed by atoms with Crippen LogP contribution in [0.25, 0.3) is 0 Å². The standard InChI is InChI=1S/C14H20FN3O/c1-10-3-2-6-18(8-10)9-12-5-4-11(7-13(12)15)14(16)17-19/h4-5,7,10,19H,2-3,6,8-9H2,1H3,(H2,16,17). The van der Waals surface area contributed by atoms with Gasteiger partial charge in [0.25, 0.3) is 0 Å². The van der Waals surface area contributed by atoms with Crippen molar-refractivity contribution in [3.63, 3.8) is 0 Å². The van der Waals surface area contributed by atoms with Crippen LogP contribution in [0.5, 0.6) is 0 Å². The normalized spacial score (nSPS) is 21.6. The lowest BCUT2D eigenvalue weighted by Gasteiger charge is -2.30. The molecule has 2 rings (SSSR count). The highest BCUT2D eigenvalue weighted by atomic mass is 19.1. The topological polar surface area (TPSA) is 61.8 Å². The molecule has 1 heterocycles. The Bertz CT molecular complexity index is 476. The number of nitrogens with zero attached hydrogens (tertiary/aromatic N) is 2. The van der Waals surface area contributed by atoms with Crippen molar-refractivity contribution in [1.82, 2.24) is 4.90 Å². The molecular formula is C14H20FN3O. The Kier molecular flexibility index (Phi) is 4.37. The Morgan fingerprint density at radius 3 is 3.00 bits per heavy atom. The molecule has 1 aliphatic rings. The van der Waals surface area contributed by atoms with E-state index in [1.165, 1.54) is 18.9 Å². The van der Waals surface area contributed by atoms with Gasteiger partial charge in [-0.2, -0.15) is 0 Å². The molecular weight excluding hydrogens is 245 g/mol. The van der Waals surface area contributed by atoms with E-state index < -0.39 is 0 Å². The Hall–Kier alpha value is -1.62. The van der Waals surface area contributed by atoms with E-state index in [2.05, 4.69) is 17.0 Å². The van der Waals surface area contributed by atoms with E-state index >= 15 is 0 Å². The number of oxime groups is 1. The van der Waals surface area contributed by atoms with Crippen molar-refractivity contribution in [3.8, 4) is 0 Å². The largest absolute Gasteiger partial charge is 0.409 e. The Morgan fingerprint density at radius 1 is 1.58 bits per heavy atom. The predicted molar refractivity (Wildman–Crippen MR) is 72.6 cm³/mol. The van der Waals surface area contributed by atoms with Crippen molar-refractivity contribution in [2.45, 2.75) is 26.3 Å². The molecule has 19 heavy (non-hydrogen) atoms. The number of rotatable bonds is 3. The monoisotopic (exact) mass is 265 g/mol. The highest BCUT2D eigenvalue weighted by Crippen LogP contribution is 2.19. The highest BCUT2D eigenvalue weighted by molar-refractivity contribution is 5.97. The van der Waals surface area contributed by atoms with Crippen LogP contribution in [-0.4, -0.2) is 29.0 Å². The molecule has 3 N–H and O–H groups in total. The third kappa shape index (κ3) is 3.44. The molecule has 1 aliphatic heterocycles. The van der Waals surface area contributed by atoms with Gasteiger partial charge in [0.15, 0.2) is 5.84 Å². The summed E-state index contributed by atoms with van der Waals surface area (Å²) >= 11 is 0. The molecule has 5 heteroatoms. The van der Waals surface area contributed by atoms with Gasteiger partial charge in [0.1, 0.15) is 5.82 Å². The molecule has 0 saturated carbocycles. The number of hydrogen-bond donors (Lipinski definition) is 2. The van der Waals surface area contributed by atoms with Crippen molar-refractivity contribution >= 4 is 5.84 Å². The molecule has 0 aromatic heterocycles. The molecule has 4 nitrogen and oxygen atoms in total. The van der Waals surface area contributed by atoms with Gasteiger partial charge < -0.3 is 10.9 Å². The van der Waals surface area contributed by atoms with Gasteiger partial charge >= 0.3 is 0 Å². The fraction of sp³-hybridized carbons (Fsp3) is 0.500. The zero-order valence-corrected chi connectivity index (χ0v) is 11.1. The maximum absolute atomic E-state index is 14.0. The predicted octanol–water partition coefficient (Wildman–Crippen LogP) is 2.15. The summed E-state index contributed by atoms with van der Waals surface area (Å²) in [4.78, 5) is 2.27. The molecule has 1 aromatic carbocycles. The Labute approximate surface area is 112 Å². The van der Waals surface area contributed by atoms with Crippen LogP contribution in [0.1, 0.15) is 30.9 Å². The van der Waals surface area contributed by atoms with Gasteiger partial charge in [0.2, 0.25) is 0 Å². The smallest absolute Gasteiger partial charge is 0.170 e. The van der Waals surface area contributed by atoms with Crippen LogP contribution in [0.4, 0.5) is 4.39 Å². The lowest BCUT2D eigenvalue weighted by atomic mass is 9.99.